The summed E-state index contributed by atoms with van der Waals surface area (Å²) in [7, 11) is 2.08. The Morgan fingerprint density at radius 2 is 1.75 bits per heavy atom. The van der Waals surface area contributed by atoms with Crippen LogP contribution in [0.2, 0.25) is 0 Å². The number of nitrogens with zero attached hydrogens (tertiary/aromatic N) is 1. The van der Waals surface area contributed by atoms with Crippen LogP contribution in [0.25, 0.3) is 0 Å². The van der Waals surface area contributed by atoms with Gasteiger partial charge in [0.25, 0.3) is 0 Å². The minimum absolute atomic E-state index is 0.617. The predicted molar refractivity (Wildman–Crippen MR) is 73.9 cm³/mol. The highest BCUT2D eigenvalue weighted by Gasteiger charge is 2.18. The molecular weight excluding hydrogens is 196 g/mol. The molecule has 0 aliphatic rings. The number of unbranched alkanes of at least 4 members (excludes halogenated alkanes) is 1. The lowest BCUT2D eigenvalue weighted by Crippen LogP contribution is -2.46. The van der Waals surface area contributed by atoms with Gasteiger partial charge in [0, 0.05) is 18.6 Å². The average Bonchev–Trinajstić information content (AvgIpc) is 2.28. The molecule has 0 aliphatic heterocycles. The maximum atomic E-state index is 3.45. The summed E-state index contributed by atoms with van der Waals surface area (Å²) in [5.74, 6) is 0.707. The van der Waals surface area contributed by atoms with Gasteiger partial charge >= 0.3 is 0 Å². The van der Waals surface area contributed by atoms with E-state index >= 15 is 0 Å². The summed E-state index contributed by atoms with van der Waals surface area (Å²) in [6.45, 7) is 13.9. The summed E-state index contributed by atoms with van der Waals surface area (Å²) in [6.07, 6.45) is 3.86. The van der Waals surface area contributed by atoms with Crippen LogP contribution in [0, 0.1) is 5.92 Å². The standard InChI is InChI=1S/C14H32N2/c1-7-9-10-16(13(5)8-2)11-14(15-6)12(3)4/h12-15H,7-11H2,1-6H3. The van der Waals surface area contributed by atoms with Crippen molar-refractivity contribution in [3.8, 4) is 0 Å². The largest absolute Gasteiger partial charge is 0.315 e. The molecule has 0 aromatic rings. The number of rotatable bonds is 9. The topological polar surface area (TPSA) is 15.3 Å². The van der Waals surface area contributed by atoms with Gasteiger partial charge in [0.1, 0.15) is 0 Å². The molecule has 0 amide bonds. The molecule has 0 spiro atoms. The minimum Gasteiger partial charge on any atom is -0.315 e. The molecule has 0 fully saturated rings. The Kier molecular flexibility index (Phi) is 8.96. The van der Waals surface area contributed by atoms with Crippen LogP contribution in [0.4, 0.5) is 0 Å². The van der Waals surface area contributed by atoms with Gasteiger partial charge in [-0.2, -0.15) is 0 Å². The highest BCUT2D eigenvalue weighted by Crippen LogP contribution is 2.10. The van der Waals surface area contributed by atoms with E-state index in [1.807, 2.05) is 0 Å². The number of hydrogen-bond acceptors (Lipinski definition) is 2. The lowest BCUT2D eigenvalue weighted by atomic mass is 10.0. The first-order valence-electron chi connectivity index (χ1n) is 6.98. The van der Waals surface area contributed by atoms with Gasteiger partial charge in [0.2, 0.25) is 0 Å². The van der Waals surface area contributed by atoms with E-state index in [0.717, 1.165) is 0 Å². The third-order valence-electron chi connectivity index (χ3n) is 3.62. The van der Waals surface area contributed by atoms with E-state index in [4.69, 9.17) is 0 Å². The highest BCUT2D eigenvalue weighted by molar-refractivity contribution is 4.76. The molecule has 0 heterocycles. The van der Waals surface area contributed by atoms with E-state index in [1.165, 1.54) is 32.4 Å². The van der Waals surface area contributed by atoms with Gasteiger partial charge in [-0.3, -0.25) is 4.90 Å². The van der Waals surface area contributed by atoms with Gasteiger partial charge in [-0.1, -0.05) is 34.1 Å². The van der Waals surface area contributed by atoms with Crippen molar-refractivity contribution in [2.24, 2.45) is 5.92 Å². The Bertz CT molecular complexity index is 157. The van der Waals surface area contributed by atoms with Crippen molar-refractivity contribution < 1.29 is 0 Å². The normalized spacial score (nSPS) is 15.8. The molecule has 0 saturated heterocycles. The Morgan fingerprint density at radius 1 is 1.12 bits per heavy atom. The Labute approximate surface area is 103 Å². The number of hydrogen-bond donors (Lipinski definition) is 1. The van der Waals surface area contributed by atoms with E-state index in [-0.39, 0.29) is 0 Å². The SMILES string of the molecule is CCCCN(CC(NC)C(C)C)C(C)CC. The van der Waals surface area contributed by atoms with Crippen LogP contribution in [-0.2, 0) is 0 Å². The third-order valence-corrected chi connectivity index (χ3v) is 3.62. The Balaban J connectivity index is 4.27. The van der Waals surface area contributed by atoms with Gasteiger partial charge in [0.05, 0.1) is 0 Å². The summed E-state index contributed by atoms with van der Waals surface area (Å²) >= 11 is 0. The predicted octanol–water partition coefficient (Wildman–Crippen LogP) is 3.13. The molecule has 2 nitrogen and oxygen atoms in total. The monoisotopic (exact) mass is 228 g/mol. The summed E-state index contributed by atoms with van der Waals surface area (Å²) < 4.78 is 0. The van der Waals surface area contributed by atoms with Gasteiger partial charge in [-0.25, -0.2) is 0 Å². The maximum absolute atomic E-state index is 3.45. The molecule has 98 valence electrons. The third kappa shape index (κ3) is 5.86. The molecule has 0 rings (SSSR count). The fraction of sp³-hybridized carbons (Fsp3) is 1.00. The molecule has 0 bridgehead atoms. The second-order valence-electron chi connectivity index (χ2n) is 5.24. The van der Waals surface area contributed by atoms with Crippen LogP contribution in [0.5, 0.6) is 0 Å². The van der Waals surface area contributed by atoms with Crippen molar-refractivity contribution >= 4 is 0 Å². The van der Waals surface area contributed by atoms with Crippen molar-refractivity contribution in [3.63, 3.8) is 0 Å². The minimum atomic E-state index is 0.617. The van der Waals surface area contributed by atoms with Crippen molar-refractivity contribution in [2.45, 2.75) is 66.0 Å². The smallest absolute Gasteiger partial charge is 0.0215 e. The molecule has 2 unspecified atom stereocenters. The number of nitrogens with one attached hydrogen (secondary N) is 1. The molecule has 16 heavy (non-hydrogen) atoms. The summed E-state index contributed by atoms with van der Waals surface area (Å²) in [4.78, 5) is 2.64. The Hall–Kier alpha value is -0.0800. The summed E-state index contributed by atoms with van der Waals surface area (Å²) in [5.41, 5.74) is 0. The fourth-order valence-corrected chi connectivity index (χ4v) is 2.00. The first-order chi connectivity index (χ1) is 7.56. The molecule has 0 saturated carbocycles. The zero-order valence-corrected chi connectivity index (χ0v) is 12.2. The van der Waals surface area contributed by atoms with Gasteiger partial charge in [-0.05, 0) is 39.3 Å². The zero-order valence-electron chi connectivity index (χ0n) is 12.2. The van der Waals surface area contributed by atoms with Crippen LogP contribution in [-0.4, -0.2) is 37.1 Å². The molecule has 0 aromatic heterocycles. The van der Waals surface area contributed by atoms with Crippen LogP contribution in [0.3, 0.4) is 0 Å². The van der Waals surface area contributed by atoms with Crippen molar-refractivity contribution in [3.05, 3.63) is 0 Å². The zero-order chi connectivity index (χ0) is 12.6. The fourth-order valence-electron chi connectivity index (χ4n) is 2.00. The number of likely N-dealkylation sites (N-methyl/N-ethyl adjacent to an activating group) is 1. The first-order valence-corrected chi connectivity index (χ1v) is 6.98. The molecule has 0 aliphatic carbocycles. The van der Waals surface area contributed by atoms with Gasteiger partial charge in [0.15, 0.2) is 0 Å². The second-order valence-corrected chi connectivity index (χ2v) is 5.24. The first kappa shape index (κ1) is 15.9. The molecule has 2 atom stereocenters. The van der Waals surface area contributed by atoms with Crippen molar-refractivity contribution in [1.29, 1.82) is 0 Å². The van der Waals surface area contributed by atoms with Crippen LogP contribution in [0.15, 0.2) is 0 Å². The molecule has 0 radical (unpaired) electrons. The quantitative estimate of drug-likeness (QED) is 0.652. The lowest BCUT2D eigenvalue weighted by molar-refractivity contribution is 0.167. The van der Waals surface area contributed by atoms with Crippen LogP contribution < -0.4 is 5.32 Å². The van der Waals surface area contributed by atoms with Gasteiger partial charge in [-0.15, -0.1) is 0 Å². The highest BCUT2D eigenvalue weighted by atomic mass is 15.2. The van der Waals surface area contributed by atoms with E-state index in [2.05, 4.69) is 51.9 Å². The van der Waals surface area contributed by atoms with Crippen molar-refractivity contribution in [2.75, 3.05) is 20.1 Å². The summed E-state index contributed by atoms with van der Waals surface area (Å²) in [5, 5.41) is 3.45. The van der Waals surface area contributed by atoms with Crippen molar-refractivity contribution in [1.82, 2.24) is 10.2 Å². The van der Waals surface area contributed by atoms with E-state index in [1.54, 1.807) is 0 Å². The molecule has 2 heteroatoms. The van der Waals surface area contributed by atoms with E-state index in [0.29, 0.717) is 18.0 Å². The van der Waals surface area contributed by atoms with E-state index < -0.39 is 0 Å². The lowest BCUT2D eigenvalue weighted by Gasteiger charge is -2.33. The summed E-state index contributed by atoms with van der Waals surface area (Å²) in [6, 6.07) is 1.33. The molecule has 0 aromatic carbocycles. The van der Waals surface area contributed by atoms with Crippen LogP contribution >= 0.6 is 0 Å². The molecule has 1 N–H and O–H groups in total. The molecular formula is C14H32N2. The maximum Gasteiger partial charge on any atom is 0.0215 e. The average molecular weight is 228 g/mol. The van der Waals surface area contributed by atoms with E-state index in [9.17, 15) is 0 Å². The van der Waals surface area contributed by atoms with Crippen LogP contribution in [0.1, 0.15) is 53.9 Å². The van der Waals surface area contributed by atoms with Gasteiger partial charge < -0.3 is 5.32 Å². The Morgan fingerprint density at radius 3 is 2.12 bits per heavy atom. The second kappa shape index (κ2) is 9.00.